The van der Waals surface area contributed by atoms with Crippen LogP contribution in [0.4, 0.5) is 27.8 Å². The summed E-state index contributed by atoms with van der Waals surface area (Å²) >= 11 is 0. The number of carbonyl (C=O) groups excluding carboxylic acids is 1. The number of benzene rings is 2. The Labute approximate surface area is 396 Å². The van der Waals surface area contributed by atoms with Gasteiger partial charge in [0.2, 0.25) is 0 Å². The molecule has 0 bridgehead atoms. The largest absolute Gasteiger partial charge is 0.586 e. The first-order valence-electron chi connectivity index (χ1n) is 22.9. The zero-order valence-corrected chi connectivity index (χ0v) is 39.0. The molecule has 0 saturated heterocycles. The van der Waals surface area contributed by atoms with Crippen molar-refractivity contribution in [2.75, 3.05) is 26.1 Å². The maximum atomic E-state index is 13.4. The van der Waals surface area contributed by atoms with Crippen molar-refractivity contribution >= 4 is 39.4 Å². The van der Waals surface area contributed by atoms with Gasteiger partial charge in [-0.3, -0.25) is 19.0 Å². The number of anilines is 1. The first kappa shape index (κ1) is 49.0. The van der Waals surface area contributed by atoms with Crippen LogP contribution in [0.3, 0.4) is 0 Å². The van der Waals surface area contributed by atoms with Gasteiger partial charge in [-0.1, -0.05) is 53.7 Å². The number of hydrogen-bond acceptors (Lipinski definition) is 11. The molecule has 370 valence electrons. The van der Waals surface area contributed by atoms with Crippen LogP contribution in [0.1, 0.15) is 96.8 Å². The Morgan fingerprint density at radius 3 is 1.52 bits per heavy atom. The van der Waals surface area contributed by atoms with Gasteiger partial charge in [0.25, 0.3) is 0 Å². The third-order valence-electron chi connectivity index (χ3n) is 12.5. The Kier molecular flexibility index (Phi) is 13.1. The molecule has 0 radical (unpaired) electrons. The van der Waals surface area contributed by atoms with Crippen molar-refractivity contribution in [3.8, 4) is 23.0 Å². The summed E-state index contributed by atoms with van der Waals surface area (Å²) in [5, 5.41) is 29.8. The second-order valence-corrected chi connectivity index (χ2v) is 19.4. The first-order valence-corrected chi connectivity index (χ1v) is 22.2. The molecular formula is C50H56F5N5O9. The number of hydrogen-bond donors (Lipinski definition) is 4. The number of nitrogen functional groups attached to an aromatic ring is 1. The lowest BCUT2D eigenvalue weighted by atomic mass is 9.88. The van der Waals surface area contributed by atoms with E-state index >= 15 is 0 Å². The summed E-state index contributed by atoms with van der Waals surface area (Å²) in [6.45, 7) is 14.0. The molecule has 5 N–H and O–H groups in total. The van der Waals surface area contributed by atoms with E-state index in [2.05, 4.69) is 91.7 Å². The van der Waals surface area contributed by atoms with Crippen molar-refractivity contribution < 1.29 is 67.2 Å². The molecule has 0 spiro atoms. The number of pyridine rings is 2. The van der Waals surface area contributed by atoms with E-state index in [9.17, 15) is 41.8 Å². The molecule has 0 atom stereocenters. The van der Waals surface area contributed by atoms with E-state index in [1.807, 2.05) is 12.1 Å². The summed E-state index contributed by atoms with van der Waals surface area (Å²) in [6, 6.07) is 16.7. The molecule has 69 heavy (non-hydrogen) atoms. The molecule has 2 saturated carbocycles. The van der Waals surface area contributed by atoms with Crippen molar-refractivity contribution in [1.29, 1.82) is 0 Å². The highest BCUT2D eigenvalue weighted by Crippen LogP contribution is 2.53. The van der Waals surface area contributed by atoms with Crippen LogP contribution in [0.15, 0.2) is 73.1 Å². The van der Waals surface area contributed by atoms with Gasteiger partial charge in [0, 0.05) is 58.2 Å². The zero-order chi connectivity index (χ0) is 51.2. The molecule has 6 aromatic rings. The molecule has 6 heterocycles. The molecule has 10 rings (SSSR count). The van der Waals surface area contributed by atoms with E-state index in [1.54, 1.807) is 18.5 Å². The van der Waals surface area contributed by atoms with Crippen LogP contribution in [-0.4, -0.2) is 79.1 Å². The molecule has 14 nitrogen and oxygen atoms in total. The smallest absolute Gasteiger partial charge is 0.481 e. The summed E-state index contributed by atoms with van der Waals surface area (Å²) in [5.41, 5.74) is 10.0. The first-order chi connectivity index (χ1) is 32.8. The highest BCUT2D eigenvalue weighted by atomic mass is 19.3. The van der Waals surface area contributed by atoms with Crippen LogP contribution in [-0.2, 0) is 50.8 Å². The lowest BCUT2D eigenvalue weighted by molar-refractivity contribution is -0.287. The lowest BCUT2D eigenvalue weighted by Gasteiger charge is -2.21. The van der Waals surface area contributed by atoms with E-state index in [-0.39, 0.29) is 59.2 Å². The number of ether oxygens (including phenoxy) is 4. The molecule has 2 fully saturated rings. The van der Waals surface area contributed by atoms with Crippen molar-refractivity contribution in [2.24, 2.45) is 0 Å². The topological polar surface area (TPSA) is 193 Å². The fraction of sp³-hybridized carbons (Fsp3) is 0.440. The minimum atomic E-state index is -3.68. The van der Waals surface area contributed by atoms with E-state index in [1.165, 1.54) is 36.0 Å². The van der Waals surface area contributed by atoms with Crippen LogP contribution in [0.25, 0.3) is 21.8 Å². The van der Waals surface area contributed by atoms with Gasteiger partial charge >= 0.3 is 18.6 Å². The van der Waals surface area contributed by atoms with Crippen molar-refractivity contribution in [1.82, 2.24) is 19.1 Å². The Morgan fingerprint density at radius 1 is 0.681 bits per heavy atom. The molecule has 19 heteroatoms. The average molecular weight is 967 g/mol. The standard InChI is InChI=1S/C25H26F2N2O4.C13H19N3O.C11H8F2O4.CH3F/c1-23(2,3)21-11-15-10-17(28-14-18(15)29(21)8-9-30)13-22(31)24(6-7-24)16-4-5-19-20(12-16)33-25(26,27)32-19;1-13(2,3)11-6-9-7-12(14)15-8-10(9)16(11)4-5-17;12-11(13)16-7-2-1-6(5-8(7)17-11)10(3-4-10)9(14)15;1-2/h4-5,10-12,14,30H,6-9,13H2,1-3H3;6-8,17H,4-5H2,1-3H3,(H2,14,15);1-2,5H,3-4H2,(H,14,15);1H3/i;;;1D. The van der Waals surface area contributed by atoms with Gasteiger partial charge in [-0.05, 0) is 85.3 Å². The number of ketones is 1. The monoisotopic (exact) mass is 966 g/mol. The van der Waals surface area contributed by atoms with E-state index < -0.39 is 36.5 Å². The highest BCUT2D eigenvalue weighted by molar-refractivity contribution is 5.95. The van der Waals surface area contributed by atoms with Gasteiger partial charge < -0.3 is 49.1 Å². The van der Waals surface area contributed by atoms with Gasteiger partial charge in [0.05, 0.1) is 56.0 Å². The van der Waals surface area contributed by atoms with Crippen molar-refractivity contribution in [3.05, 3.63) is 101 Å². The van der Waals surface area contributed by atoms with Crippen LogP contribution in [0, 0.1) is 0 Å². The molecule has 2 aromatic carbocycles. The van der Waals surface area contributed by atoms with Gasteiger partial charge in [-0.15, -0.1) is 17.6 Å². The number of carboxylic acids is 1. The highest BCUT2D eigenvalue weighted by Gasteiger charge is 2.54. The predicted octanol–water partition coefficient (Wildman–Crippen LogP) is 9.11. The Hall–Kier alpha value is -6.47. The lowest BCUT2D eigenvalue weighted by Crippen LogP contribution is -2.26. The number of alkyl halides is 5. The fourth-order valence-electron chi connectivity index (χ4n) is 8.84. The fourth-order valence-corrected chi connectivity index (χ4v) is 8.84. The maximum Gasteiger partial charge on any atom is 0.586 e. The Morgan fingerprint density at radius 2 is 1.10 bits per heavy atom. The normalized spacial score (nSPS) is 17.4. The van der Waals surface area contributed by atoms with Gasteiger partial charge in [-0.25, -0.2) is 4.98 Å². The number of nitrogens with zero attached hydrogens (tertiary/aromatic N) is 4. The predicted molar refractivity (Wildman–Crippen MR) is 246 cm³/mol. The second kappa shape index (κ2) is 18.5. The summed E-state index contributed by atoms with van der Waals surface area (Å²) < 4.78 is 89.5. The van der Waals surface area contributed by atoms with E-state index in [0.717, 1.165) is 27.5 Å². The van der Waals surface area contributed by atoms with Crippen molar-refractivity contribution in [3.63, 3.8) is 0 Å². The summed E-state index contributed by atoms with van der Waals surface area (Å²) in [4.78, 5) is 33.0. The molecule has 0 amide bonds. The molecule has 4 aromatic heterocycles. The number of carbonyl (C=O) groups is 2. The summed E-state index contributed by atoms with van der Waals surface area (Å²) in [7, 11) is -1.00. The SMILES string of the molecule is CC(C)(C)c1cc2cc(CC(=O)C3(c4ccc5c(c4)OC(F)(F)O5)CC3)ncc2n1CCO.CC(C)(C)c1cc2cc(N)ncc2n1CCO.O=C(O)C1(c2ccc3c(c2)OC(F)(F)O3)CC1.[2H]CF. The number of aliphatic hydroxyl groups excluding tert-OH is 2. The number of aliphatic carboxylic acids is 1. The number of rotatable bonds is 10. The number of carboxylic acid groups (broad SMARTS) is 1. The minimum Gasteiger partial charge on any atom is -0.481 e. The van der Waals surface area contributed by atoms with Crippen LogP contribution in [0.2, 0.25) is 0 Å². The van der Waals surface area contributed by atoms with E-state index in [0.29, 0.717) is 61.4 Å². The van der Waals surface area contributed by atoms with Gasteiger partial charge in [-0.2, -0.15) is 0 Å². The second-order valence-electron chi connectivity index (χ2n) is 19.4. The average Bonchev–Trinajstić information content (AvgIpc) is 4.13. The quantitative estimate of drug-likeness (QED) is 0.0954. The number of aliphatic hydroxyl groups is 2. The molecule has 2 aliphatic carbocycles. The minimum absolute atomic E-state index is 0.00538. The van der Waals surface area contributed by atoms with E-state index in [4.69, 9.17) is 12.2 Å². The number of aromatic nitrogens is 4. The Balaban J connectivity index is 0.000000164. The molecular weight excluding hydrogens is 910 g/mol. The number of nitrogens with two attached hydrogens (primary N) is 1. The third kappa shape index (κ3) is 10.3. The summed E-state index contributed by atoms with van der Waals surface area (Å²) in [5.74, 6) is -0.662. The third-order valence-corrected chi connectivity index (χ3v) is 12.5. The van der Waals surface area contributed by atoms with Crippen molar-refractivity contribution in [2.45, 2.75) is 121 Å². The molecule has 0 unspecified atom stereocenters. The number of Topliss-reactive ketones (excluding diaryl/α,β-unsaturated/α-hetero) is 1. The molecule has 2 aliphatic heterocycles. The number of fused-ring (bicyclic) bond motifs is 4. The van der Waals surface area contributed by atoms with Crippen LogP contribution < -0.4 is 24.7 Å². The van der Waals surface area contributed by atoms with Crippen LogP contribution in [0.5, 0.6) is 23.0 Å². The zero-order valence-electron chi connectivity index (χ0n) is 40.0. The van der Waals surface area contributed by atoms with Gasteiger partial charge in [0.1, 0.15) is 11.6 Å². The Bertz CT molecular complexity index is 2920. The molecule has 4 aliphatic rings. The van der Waals surface area contributed by atoms with Crippen LogP contribution >= 0.6 is 0 Å². The van der Waals surface area contributed by atoms with Gasteiger partial charge in [0.15, 0.2) is 23.0 Å². The summed E-state index contributed by atoms with van der Waals surface area (Å²) in [6.07, 6.45) is -1.33. The number of halogens is 5. The maximum absolute atomic E-state index is 13.4.